The zero-order chi connectivity index (χ0) is 17.7. The molecule has 0 radical (unpaired) electrons. The summed E-state index contributed by atoms with van der Waals surface area (Å²) in [6.45, 7) is 2.07. The molecule has 8 heteroatoms. The monoisotopic (exact) mass is 381 g/mol. The van der Waals surface area contributed by atoms with E-state index in [1.807, 2.05) is 0 Å². The minimum absolute atomic E-state index is 0. The van der Waals surface area contributed by atoms with Gasteiger partial charge in [-0.3, -0.25) is 14.1 Å². The number of fused-ring (bicyclic) bond motifs is 1. The highest BCUT2D eigenvalue weighted by Crippen LogP contribution is 2.42. The molecule has 6 nitrogen and oxygen atoms in total. The Kier molecular flexibility index (Phi) is 5.05. The highest BCUT2D eigenvalue weighted by molar-refractivity contribution is 5.88. The minimum atomic E-state index is -1.28. The number of aromatic carboxylic acids is 1. The lowest BCUT2D eigenvalue weighted by molar-refractivity contribution is 0.0694. The van der Waals surface area contributed by atoms with Gasteiger partial charge in [0.25, 0.3) is 5.56 Å². The first-order valence-electron chi connectivity index (χ1n) is 8.53. The van der Waals surface area contributed by atoms with E-state index in [1.165, 1.54) is 16.5 Å². The third-order valence-corrected chi connectivity index (χ3v) is 5.08. The van der Waals surface area contributed by atoms with Crippen LogP contribution in [0, 0.1) is 5.82 Å². The third-order valence-electron chi connectivity index (χ3n) is 5.08. The van der Waals surface area contributed by atoms with Gasteiger partial charge in [-0.2, -0.15) is 0 Å². The Labute approximate surface area is 155 Å². The fourth-order valence-electron chi connectivity index (χ4n) is 3.74. The van der Waals surface area contributed by atoms with Crippen LogP contribution >= 0.6 is 12.4 Å². The average Bonchev–Trinajstić information content (AvgIpc) is 3.31. The van der Waals surface area contributed by atoms with Crippen LogP contribution < -0.4 is 11.3 Å². The van der Waals surface area contributed by atoms with Gasteiger partial charge in [0.15, 0.2) is 0 Å². The summed E-state index contributed by atoms with van der Waals surface area (Å²) in [4.78, 5) is 26.1. The van der Waals surface area contributed by atoms with Gasteiger partial charge >= 0.3 is 5.97 Å². The first-order valence-corrected chi connectivity index (χ1v) is 8.53. The maximum Gasteiger partial charge on any atom is 0.341 e. The van der Waals surface area contributed by atoms with E-state index in [2.05, 4.69) is 4.90 Å². The number of aromatic nitrogens is 1. The zero-order valence-electron chi connectivity index (χ0n) is 14.2. The number of likely N-dealkylation sites (tertiary alicyclic amines) is 1. The van der Waals surface area contributed by atoms with E-state index in [1.54, 1.807) is 0 Å². The maximum atomic E-state index is 14.2. The highest BCUT2D eigenvalue weighted by atomic mass is 35.5. The number of hydrogen-bond donors (Lipinski definition) is 2. The van der Waals surface area contributed by atoms with Crippen LogP contribution in [0.3, 0.4) is 0 Å². The molecule has 0 aromatic carbocycles. The molecule has 0 bridgehead atoms. The molecule has 1 atom stereocenters. The van der Waals surface area contributed by atoms with Gasteiger partial charge in [-0.1, -0.05) is 0 Å². The van der Waals surface area contributed by atoms with Crippen molar-refractivity contribution in [3.8, 4) is 0 Å². The van der Waals surface area contributed by atoms with Crippen LogP contribution in [0.1, 0.15) is 46.7 Å². The topological polar surface area (TPSA) is 88.0 Å². The molecule has 26 heavy (non-hydrogen) atoms. The number of pyridine rings is 2. The Morgan fingerprint density at radius 2 is 2.04 bits per heavy atom. The summed E-state index contributed by atoms with van der Waals surface area (Å²) >= 11 is 0. The summed E-state index contributed by atoms with van der Waals surface area (Å²) in [5.74, 6) is -1.59. The van der Waals surface area contributed by atoms with E-state index >= 15 is 0 Å². The van der Waals surface area contributed by atoms with E-state index < -0.39 is 17.3 Å². The molecule has 2 aliphatic rings. The van der Waals surface area contributed by atoms with E-state index in [-0.39, 0.29) is 29.9 Å². The number of halogens is 2. The molecular weight excluding hydrogens is 361 g/mol. The fourth-order valence-corrected chi connectivity index (χ4v) is 3.74. The van der Waals surface area contributed by atoms with Crippen molar-refractivity contribution >= 4 is 23.9 Å². The second-order valence-electron chi connectivity index (χ2n) is 7.08. The molecule has 1 aliphatic heterocycles. The molecule has 140 valence electrons. The lowest BCUT2D eigenvalue weighted by atomic mass is 10.0. The Bertz CT molecular complexity index is 926. The van der Waals surface area contributed by atoms with Gasteiger partial charge < -0.3 is 10.8 Å². The Hall–Kier alpha value is -1.96. The molecule has 3 heterocycles. The summed E-state index contributed by atoms with van der Waals surface area (Å²) in [6, 6.07) is 3.05. The van der Waals surface area contributed by atoms with Gasteiger partial charge in [0.2, 0.25) is 0 Å². The van der Waals surface area contributed by atoms with Crippen LogP contribution in [0.2, 0.25) is 0 Å². The summed E-state index contributed by atoms with van der Waals surface area (Å²) in [5.41, 5.74) is 7.15. The van der Waals surface area contributed by atoms with Crippen molar-refractivity contribution in [2.24, 2.45) is 5.73 Å². The molecule has 3 N–H and O–H groups in total. The zero-order valence-corrected chi connectivity index (χ0v) is 15.0. The molecule has 4 rings (SSSR count). The molecule has 2 fully saturated rings. The number of rotatable bonds is 4. The second-order valence-corrected chi connectivity index (χ2v) is 7.08. The van der Waals surface area contributed by atoms with Crippen LogP contribution in [0.25, 0.3) is 5.52 Å². The van der Waals surface area contributed by atoms with Crippen molar-refractivity contribution in [3.05, 3.63) is 51.2 Å². The summed E-state index contributed by atoms with van der Waals surface area (Å²) in [5, 5.41) is 9.32. The van der Waals surface area contributed by atoms with Crippen molar-refractivity contribution in [2.45, 2.75) is 37.8 Å². The Balaban J connectivity index is 0.00000196. The van der Waals surface area contributed by atoms with Crippen molar-refractivity contribution in [2.75, 3.05) is 13.1 Å². The number of hydrogen-bond acceptors (Lipinski definition) is 4. The summed E-state index contributed by atoms with van der Waals surface area (Å²) < 4.78 is 15.3. The summed E-state index contributed by atoms with van der Waals surface area (Å²) in [7, 11) is 0. The average molecular weight is 382 g/mol. The molecule has 1 unspecified atom stereocenters. The number of carbonyl (C=O) groups is 1. The standard InChI is InChI=1S/C18H20FN3O3.ClH/c19-12-5-11(7-21-4-3-13(20)9-21)16-14(10-1-2-10)6-15(18(24)25)17(23)22(16)8-12;/h5-6,8,10,13H,1-4,7,9,20H2,(H,24,25);1H. The quantitative estimate of drug-likeness (QED) is 0.845. The summed E-state index contributed by atoms with van der Waals surface area (Å²) in [6.07, 6.45) is 3.90. The van der Waals surface area contributed by atoms with Gasteiger partial charge in [-0.25, -0.2) is 9.18 Å². The third kappa shape index (κ3) is 3.34. The molecule has 0 amide bonds. The van der Waals surface area contributed by atoms with E-state index in [0.29, 0.717) is 17.6 Å². The molecule has 1 saturated carbocycles. The van der Waals surface area contributed by atoms with Gasteiger partial charge in [0.1, 0.15) is 11.4 Å². The maximum absolute atomic E-state index is 14.2. The van der Waals surface area contributed by atoms with E-state index in [9.17, 15) is 19.1 Å². The lowest BCUT2D eigenvalue weighted by Crippen LogP contribution is -2.28. The van der Waals surface area contributed by atoms with Crippen molar-refractivity contribution in [1.82, 2.24) is 9.30 Å². The number of carboxylic acids is 1. The molecule has 0 spiro atoms. The molecule has 1 aliphatic carbocycles. The SMILES string of the molecule is Cl.NC1CCN(Cc2cc(F)cn3c(=O)c(C(=O)O)cc(C4CC4)c23)C1. The Morgan fingerprint density at radius 3 is 2.62 bits per heavy atom. The highest BCUT2D eigenvalue weighted by Gasteiger charge is 2.30. The van der Waals surface area contributed by atoms with E-state index in [0.717, 1.165) is 44.1 Å². The van der Waals surface area contributed by atoms with Gasteiger partial charge in [0, 0.05) is 31.9 Å². The lowest BCUT2D eigenvalue weighted by Gasteiger charge is -2.19. The van der Waals surface area contributed by atoms with Gasteiger partial charge in [0.05, 0.1) is 5.52 Å². The first-order chi connectivity index (χ1) is 11.9. The number of nitrogens with zero attached hydrogens (tertiary/aromatic N) is 2. The van der Waals surface area contributed by atoms with Gasteiger partial charge in [-0.15, -0.1) is 12.4 Å². The molecule has 2 aromatic rings. The van der Waals surface area contributed by atoms with Crippen molar-refractivity contribution in [3.63, 3.8) is 0 Å². The molecule has 2 aromatic heterocycles. The predicted octanol–water partition coefficient (Wildman–Crippen LogP) is 1.97. The predicted molar refractivity (Wildman–Crippen MR) is 97.7 cm³/mol. The normalized spacial score (nSPS) is 20.3. The van der Waals surface area contributed by atoms with Crippen LogP contribution in [-0.4, -0.2) is 39.5 Å². The molecule has 1 saturated heterocycles. The number of carboxylic acid groups (broad SMARTS) is 1. The van der Waals surface area contributed by atoms with Crippen molar-refractivity contribution < 1.29 is 14.3 Å². The Morgan fingerprint density at radius 1 is 1.31 bits per heavy atom. The fraction of sp³-hybridized carbons (Fsp3) is 0.444. The van der Waals surface area contributed by atoms with Crippen LogP contribution in [0.5, 0.6) is 0 Å². The van der Waals surface area contributed by atoms with Crippen LogP contribution in [0.4, 0.5) is 4.39 Å². The smallest absolute Gasteiger partial charge is 0.341 e. The number of nitrogens with two attached hydrogens (primary N) is 1. The van der Waals surface area contributed by atoms with E-state index in [4.69, 9.17) is 5.73 Å². The van der Waals surface area contributed by atoms with Crippen LogP contribution in [-0.2, 0) is 6.54 Å². The first kappa shape index (κ1) is 18.8. The second kappa shape index (κ2) is 6.98. The minimum Gasteiger partial charge on any atom is -0.477 e. The van der Waals surface area contributed by atoms with Crippen molar-refractivity contribution in [1.29, 1.82) is 0 Å². The molecular formula is C18H21ClFN3O3. The van der Waals surface area contributed by atoms with Crippen LogP contribution in [0.15, 0.2) is 23.1 Å². The largest absolute Gasteiger partial charge is 0.477 e. The van der Waals surface area contributed by atoms with Gasteiger partial charge in [-0.05, 0) is 48.4 Å².